The smallest absolute Gasteiger partial charge is 0.334 e. The number of fused-ring (bicyclic) bond motifs is 1. The van der Waals surface area contributed by atoms with Crippen LogP contribution >= 0.6 is 0 Å². The fourth-order valence-electron chi connectivity index (χ4n) is 2.00. The zero-order valence-corrected chi connectivity index (χ0v) is 8.53. The molecule has 0 aromatic carbocycles. The summed E-state index contributed by atoms with van der Waals surface area (Å²) in [5.41, 5.74) is 1.94. The lowest BCUT2D eigenvalue weighted by Crippen LogP contribution is -2.17. The normalized spacial score (nSPS) is 23.7. The monoisotopic (exact) mass is 209 g/mol. The molecule has 0 radical (unpaired) electrons. The molecule has 0 amide bonds. The molecule has 1 fully saturated rings. The van der Waals surface area contributed by atoms with Crippen molar-refractivity contribution in [2.45, 2.75) is 12.8 Å². The molecule has 0 aromatic rings. The van der Waals surface area contributed by atoms with Crippen LogP contribution in [0.3, 0.4) is 0 Å². The van der Waals surface area contributed by atoms with Gasteiger partial charge in [-0.05, 0) is 18.9 Å². The Hall–Kier alpha value is -1.29. The number of carbonyl (C=O) groups excluding carboxylic acids is 1. The third-order valence-electron chi connectivity index (χ3n) is 2.78. The van der Waals surface area contributed by atoms with E-state index >= 15 is 0 Å². The first kappa shape index (κ1) is 10.2. The van der Waals surface area contributed by atoms with Crippen LogP contribution in [0.1, 0.15) is 12.8 Å². The first-order valence-electron chi connectivity index (χ1n) is 5.24. The van der Waals surface area contributed by atoms with Gasteiger partial charge in [0.15, 0.2) is 0 Å². The van der Waals surface area contributed by atoms with E-state index < -0.39 is 0 Å². The van der Waals surface area contributed by atoms with Crippen molar-refractivity contribution in [2.24, 2.45) is 5.92 Å². The lowest BCUT2D eigenvalue weighted by atomic mass is 9.91. The molecule has 15 heavy (non-hydrogen) atoms. The first-order chi connectivity index (χ1) is 7.31. The summed E-state index contributed by atoms with van der Waals surface area (Å²) in [6, 6.07) is 0. The van der Waals surface area contributed by atoms with Crippen LogP contribution in [0.15, 0.2) is 23.4 Å². The van der Waals surface area contributed by atoms with Gasteiger partial charge in [0.2, 0.25) is 0 Å². The standard InChI is InChI=1S/C11H15NO3/c13-5-6-15-11(14)9-1-2-10-8(7-9)3-4-12-10/h1-2,8,12-13H,3-7H2. The van der Waals surface area contributed by atoms with Gasteiger partial charge in [-0.15, -0.1) is 0 Å². The molecule has 2 rings (SSSR count). The molecule has 0 saturated carbocycles. The van der Waals surface area contributed by atoms with E-state index in [1.807, 2.05) is 12.2 Å². The first-order valence-corrected chi connectivity index (χ1v) is 5.24. The van der Waals surface area contributed by atoms with Crippen LogP contribution in [-0.4, -0.2) is 30.8 Å². The number of carbonyl (C=O) groups is 1. The summed E-state index contributed by atoms with van der Waals surface area (Å²) in [6.07, 6.45) is 5.60. The fraction of sp³-hybridized carbons (Fsp3) is 0.545. The third-order valence-corrected chi connectivity index (χ3v) is 2.78. The highest BCUT2D eigenvalue weighted by Gasteiger charge is 2.26. The lowest BCUT2D eigenvalue weighted by Gasteiger charge is -2.17. The quantitative estimate of drug-likeness (QED) is 0.658. The Morgan fingerprint density at radius 2 is 2.47 bits per heavy atom. The molecule has 4 heteroatoms. The summed E-state index contributed by atoms with van der Waals surface area (Å²) in [6.45, 7) is 0.948. The fourth-order valence-corrected chi connectivity index (χ4v) is 2.00. The Bertz CT molecular complexity index is 320. The number of aliphatic hydroxyl groups excluding tert-OH is 1. The highest BCUT2D eigenvalue weighted by molar-refractivity contribution is 5.89. The molecule has 1 atom stereocenters. The van der Waals surface area contributed by atoms with E-state index in [2.05, 4.69) is 5.32 Å². The maximum absolute atomic E-state index is 11.5. The predicted octanol–water partition coefficient (Wildman–Crippen LogP) is 0.345. The molecule has 0 bridgehead atoms. The van der Waals surface area contributed by atoms with Crippen LogP contribution in [0.2, 0.25) is 0 Å². The van der Waals surface area contributed by atoms with Gasteiger partial charge in [0, 0.05) is 23.7 Å². The van der Waals surface area contributed by atoms with Gasteiger partial charge in [-0.3, -0.25) is 0 Å². The van der Waals surface area contributed by atoms with Gasteiger partial charge < -0.3 is 15.2 Å². The summed E-state index contributed by atoms with van der Waals surface area (Å²) in [4.78, 5) is 11.5. The van der Waals surface area contributed by atoms with Gasteiger partial charge in [0.1, 0.15) is 6.61 Å². The van der Waals surface area contributed by atoms with E-state index in [9.17, 15) is 4.79 Å². The summed E-state index contributed by atoms with van der Waals surface area (Å²) < 4.78 is 4.87. The lowest BCUT2D eigenvalue weighted by molar-refractivity contribution is -0.140. The molecule has 1 aliphatic carbocycles. The minimum absolute atomic E-state index is 0.0790. The van der Waals surface area contributed by atoms with Crippen molar-refractivity contribution in [3.63, 3.8) is 0 Å². The van der Waals surface area contributed by atoms with Gasteiger partial charge in [-0.1, -0.05) is 6.08 Å². The van der Waals surface area contributed by atoms with Crippen LogP contribution < -0.4 is 5.32 Å². The predicted molar refractivity (Wildman–Crippen MR) is 54.9 cm³/mol. The molecule has 0 spiro atoms. The Labute approximate surface area is 88.6 Å². The van der Waals surface area contributed by atoms with E-state index in [1.54, 1.807) is 0 Å². The Kier molecular flexibility index (Phi) is 3.06. The van der Waals surface area contributed by atoms with Crippen molar-refractivity contribution in [3.05, 3.63) is 23.4 Å². The van der Waals surface area contributed by atoms with Crippen LogP contribution in [0, 0.1) is 5.92 Å². The van der Waals surface area contributed by atoms with Crippen LogP contribution in [0.5, 0.6) is 0 Å². The molecule has 2 N–H and O–H groups in total. The molecule has 1 heterocycles. The zero-order valence-electron chi connectivity index (χ0n) is 8.53. The average molecular weight is 209 g/mol. The number of nitrogens with one attached hydrogen (secondary N) is 1. The zero-order chi connectivity index (χ0) is 10.7. The van der Waals surface area contributed by atoms with E-state index in [4.69, 9.17) is 9.84 Å². The van der Waals surface area contributed by atoms with Crippen molar-refractivity contribution >= 4 is 5.97 Å². The van der Waals surface area contributed by atoms with Gasteiger partial charge in [0.05, 0.1) is 6.61 Å². The van der Waals surface area contributed by atoms with Crippen molar-refractivity contribution in [3.8, 4) is 0 Å². The highest BCUT2D eigenvalue weighted by Crippen LogP contribution is 2.30. The molecule has 2 aliphatic rings. The third kappa shape index (κ3) is 2.21. The molecular formula is C11H15NO3. The van der Waals surface area contributed by atoms with E-state index in [0.717, 1.165) is 19.4 Å². The number of hydrogen-bond acceptors (Lipinski definition) is 4. The van der Waals surface area contributed by atoms with Gasteiger partial charge >= 0.3 is 5.97 Å². The van der Waals surface area contributed by atoms with Crippen molar-refractivity contribution in [1.29, 1.82) is 0 Å². The second-order valence-corrected chi connectivity index (χ2v) is 3.79. The van der Waals surface area contributed by atoms with Crippen LogP contribution in [-0.2, 0) is 9.53 Å². The molecule has 1 unspecified atom stereocenters. The number of allylic oxidation sites excluding steroid dienone is 3. The Balaban J connectivity index is 1.97. The van der Waals surface area contributed by atoms with Gasteiger partial charge in [0.25, 0.3) is 0 Å². The second kappa shape index (κ2) is 4.49. The summed E-state index contributed by atoms with van der Waals surface area (Å²) >= 11 is 0. The molecule has 82 valence electrons. The van der Waals surface area contributed by atoms with Crippen molar-refractivity contribution in [2.75, 3.05) is 19.8 Å². The van der Waals surface area contributed by atoms with E-state index in [1.165, 1.54) is 5.70 Å². The largest absolute Gasteiger partial charge is 0.460 e. The minimum Gasteiger partial charge on any atom is -0.460 e. The maximum atomic E-state index is 11.5. The number of hydrogen-bond donors (Lipinski definition) is 2. The molecular weight excluding hydrogens is 194 g/mol. The number of aliphatic hydroxyl groups is 1. The van der Waals surface area contributed by atoms with Crippen molar-refractivity contribution < 1.29 is 14.6 Å². The Morgan fingerprint density at radius 1 is 1.60 bits per heavy atom. The molecule has 1 saturated heterocycles. The molecule has 4 nitrogen and oxygen atoms in total. The number of ether oxygens (including phenoxy) is 1. The summed E-state index contributed by atoms with van der Waals surface area (Å²) in [7, 11) is 0. The van der Waals surface area contributed by atoms with E-state index in [0.29, 0.717) is 11.5 Å². The van der Waals surface area contributed by atoms with Gasteiger partial charge in [-0.2, -0.15) is 0 Å². The molecule has 0 aromatic heterocycles. The number of rotatable bonds is 3. The van der Waals surface area contributed by atoms with Crippen molar-refractivity contribution in [1.82, 2.24) is 5.32 Å². The van der Waals surface area contributed by atoms with Crippen LogP contribution in [0.4, 0.5) is 0 Å². The minimum atomic E-state index is -0.300. The summed E-state index contributed by atoms with van der Waals surface area (Å²) in [5.74, 6) is 0.151. The van der Waals surface area contributed by atoms with Crippen LogP contribution in [0.25, 0.3) is 0 Å². The van der Waals surface area contributed by atoms with Gasteiger partial charge in [-0.25, -0.2) is 4.79 Å². The SMILES string of the molecule is O=C(OCCO)C1=CC=C2NCCC2C1. The van der Waals surface area contributed by atoms with E-state index in [-0.39, 0.29) is 19.2 Å². The summed E-state index contributed by atoms with van der Waals surface area (Å²) in [5, 5.41) is 11.8. The Morgan fingerprint density at radius 3 is 3.27 bits per heavy atom. The second-order valence-electron chi connectivity index (χ2n) is 3.79. The topological polar surface area (TPSA) is 58.6 Å². The number of esters is 1. The average Bonchev–Trinajstić information content (AvgIpc) is 2.72. The maximum Gasteiger partial charge on any atom is 0.334 e. The molecule has 1 aliphatic heterocycles. The highest BCUT2D eigenvalue weighted by atomic mass is 16.5.